The van der Waals surface area contributed by atoms with Gasteiger partial charge in [0.05, 0.1) is 27.9 Å². The number of hydrogen-bond donors (Lipinski definition) is 0. The van der Waals surface area contributed by atoms with Gasteiger partial charge in [0.25, 0.3) is 0 Å². The normalized spacial score (nSPS) is 11.1. The van der Waals surface area contributed by atoms with E-state index in [9.17, 15) is 0 Å². The number of nitrogens with zero attached hydrogens (tertiary/aromatic N) is 1. The van der Waals surface area contributed by atoms with Crippen molar-refractivity contribution in [3.8, 4) is 17.2 Å². The fourth-order valence-corrected chi connectivity index (χ4v) is 1.67. The molecular formula is C14H21NO5. The molecule has 0 atom stereocenters. The van der Waals surface area contributed by atoms with Crippen LogP contribution in [-0.2, 0) is 9.47 Å². The molecule has 6 nitrogen and oxygen atoms in total. The quantitative estimate of drug-likeness (QED) is 0.537. The summed E-state index contributed by atoms with van der Waals surface area (Å²) in [6, 6.07) is 3.64. The van der Waals surface area contributed by atoms with E-state index in [2.05, 4.69) is 4.99 Å². The van der Waals surface area contributed by atoms with Crippen molar-refractivity contribution in [3.05, 3.63) is 17.7 Å². The lowest BCUT2D eigenvalue weighted by Crippen LogP contribution is -2.16. The predicted molar refractivity (Wildman–Crippen MR) is 76.4 cm³/mol. The van der Waals surface area contributed by atoms with Crippen molar-refractivity contribution >= 4 is 6.21 Å². The van der Waals surface area contributed by atoms with Crippen LogP contribution in [0.3, 0.4) is 0 Å². The lowest BCUT2D eigenvalue weighted by Gasteiger charge is -2.13. The second kappa shape index (κ2) is 8.39. The zero-order valence-electron chi connectivity index (χ0n) is 12.5. The number of aliphatic imine (C=N–C) groups is 1. The summed E-state index contributed by atoms with van der Waals surface area (Å²) in [7, 11) is 7.86. The maximum absolute atomic E-state index is 5.27. The molecule has 6 heteroatoms. The van der Waals surface area contributed by atoms with Crippen LogP contribution in [0.4, 0.5) is 0 Å². The third kappa shape index (κ3) is 4.11. The van der Waals surface area contributed by atoms with Crippen LogP contribution in [0.15, 0.2) is 17.1 Å². The average Bonchev–Trinajstić information content (AvgIpc) is 2.50. The van der Waals surface area contributed by atoms with Crippen LogP contribution in [-0.4, -0.2) is 54.6 Å². The van der Waals surface area contributed by atoms with Crippen molar-refractivity contribution in [2.75, 3.05) is 42.1 Å². The van der Waals surface area contributed by atoms with E-state index in [1.54, 1.807) is 41.8 Å². The van der Waals surface area contributed by atoms with Gasteiger partial charge in [-0.25, -0.2) is 0 Å². The van der Waals surface area contributed by atoms with Crippen LogP contribution in [0, 0.1) is 0 Å². The smallest absolute Gasteiger partial charge is 0.203 e. The first-order valence-corrected chi connectivity index (χ1v) is 6.05. The highest BCUT2D eigenvalue weighted by Crippen LogP contribution is 2.37. The molecule has 0 saturated heterocycles. The molecule has 0 amide bonds. The highest BCUT2D eigenvalue weighted by molar-refractivity contribution is 5.82. The summed E-state index contributed by atoms with van der Waals surface area (Å²) < 4.78 is 25.9. The molecule has 0 fully saturated rings. The van der Waals surface area contributed by atoms with Crippen molar-refractivity contribution in [2.24, 2.45) is 4.99 Å². The van der Waals surface area contributed by atoms with Crippen molar-refractivity contribution in [1.82, 2.24) is 0 Å². The first-order valence-electron chi connectivity index (χ1n) is 6.05. The zero-order chi connectivity index (χ0) is 15.0. The minimum atomic E-state index is -0.353. The van der Waals surface area contributed by atoms with Gasteiger partial charge >= 0.3 is 0 Å². The molecule has 0 spiro atoms. The molecule has 0 unspecified atom stereocenters. The Morgan fingerprint density at radius 1 is 0.950 bits per heavy atom. The van der Waals surface area contributed by atoms with Crippen molar-refractivity contribution in [3.63, 3.8) is 0 Å². The summed E-state index contributed by atoms with van der Waals surface area (Å²) in [5.41, 5.74) is 0.838. The van der Waals surface area contributed by atoms with Crippen LogP contribution >= 0.6 is 0 Å². The molecule has 0 heterocycles. The fourth-order valence-electron chi connectivity index (χ4n) is 1.67. The molecule has 0 radical (unpaired) electrons. The van der Waals surface area contributed by atoms with Crippen molar-refractivity contribution in [1.29, 1.82) is 0 Å². The molecule has 1 rings (SSSR count). The molecule has 0 aliphatic carbocycles. The lowest BCUT2D eigenvalue weighted by atomic mass is 10.2. The second-order valence-corrected chi connectivity index (χ2v) is 3.85. The van der Waals surface area contributed by atoms with Gasteiger partial charge < -0.3 is 23.7 Å². The Hall–Kier alpha value is -1.79. The minimum absolute atomic E-state index is 0.353. The Labute approximate surface area is 119 Å². The molecular weight excluding hydrogens is 262 g/mol. The van der Waals surface area contributed by atoms with Crippen LogP contribution in [0.2, 0.25) is 0 Å². The van der Waals surface area contributed by atoms with E-state index < -0.39 is 0 Å². The molecule has 1 aromatic carbocycles. The van der Waals surface area contributed by atoms with Gasteiger partial charge in [-0.2, -0.15) is 0 Å². The third-order valence-electron chi connectivity index (χ3n) is 2.71. The molecule has 1 aromatic rings. The molecule has 0 bridgehead atoms. The third-order valence-corrected chi connectivity index (χ3v) is 2.71. The first kappa shape index (κ1) is 16.3. The van der Waals surface area contributed by atoms with Crippen LogP contribution in [0.5, 0.6) is 17.2 Å². The summed E-state index contributed by atoms with van der Waals surface area (Å²) in [6.07, 6.45) is 1.35. The molecule has 0 N–H and O–H groups in total. The molecule has 112 valence electrons. The standard InChI is InChI=1S/C14H21NO5/c1-16-11-6-10(7-12(17-2)14(11)20-5)8-15-9-13(18-3)19-4/h6-8,13H,9H2,1-5H3/b15-8+. The first-order chi connectivity index (χ1) is 9.69. The number of ether oxygens (including phenoxy) is 5. The van der Waals surface area contributed by atoms with Gasteiger partial charge in [-0.1, -0.05) is 0 Å². The number of rotatable bonds is 8. The van der Waals surface area contributed by atoms with E-state index in [1.807, 2.05) is 12.1 Å². The Balaban J connectivity index is 2.93. The van der Waals surface area contributed by atoms with Crippen molar-refractivity contribution < 1.29 is 23.7 Å². The van der Waals surface area contributed by atoms with Gasteiger partial charge in [0.15, 0.2) is 17.8 Å². The Morgan fingerprint density at radius 2 is 1.50 bits per heavy atom. The molecule has 0 aliphatic rings. The Bertz CT molecular complexity index is 418. The molecule has 0 aromatic heterocycles. The lowest BCUT2D eigenvalue weighted by molar-refractivity contribution is -0.0936. The highest BCUT2D eigenvalue weighted by Gasteiger charge is 2.12. The van der Waals surface area contributed by atoms with E-state index in [0.717, 1.165) is 5.56 Å². The summed E-state index contributed by atoms with van der Waals surface area (Å²) in [4.78, 5) is 4.26. The van der Waals surface area contributed by atoms with E-state index in [-0.39, 0.29) is 6.29 Å². The van der Waals surface area contributed by atoms with E-state index in [0.29, 0.717) is 23.8 Å². The van der Waals surface area contributed by atoms with Gasteiger partial charge in [0, 0.05) is 20.4 Å². The summed E-state index contributed by atoms with van der Waals surface area (Å²) in [6.45, 7) is 0.406. The summed E-state index contributed by atoms with van der Waals surface area (Å²) in [5.74, 6) is 1.73. The van der Waals surface area contributed by atoms with Crippen LogP contribution in [0.1, 0.15) is 5.56 Å². The molecule has 20 heavy (non-hydrogen) atoms. The zero-order valence-corrected chi connectivity index (χ0v) is 12.5. The SMILES string of the molecule is COc1cc(/C=N/CC(OC)OC)cc(OC)c1OC. The number of methoxy groups -OCH3 is 5. The predicted octanol–water partition coefficient (Wildman–Crippen LogP) is 1.75. The topological polar surface area (TPSA) is 58.5 Å². The minimum Gasteiger partial charge on any atom is -0.493 e. The maximum atomic E-state index is 5.27. The Morgan fingerprint density at radius 3 is 1.90 bits per heavy atom. The van der Waals surface area contributed by atoms with Gasteiger partial charge in [-0.3, -0.25) is 4.99 Å². The maximum Gasteiger partial charge on any atom is 0.203 e. The molecule has 0 aliphatic heterocycles. The van der Waals surface area contributed by atoms with Crippen molar-refractivity contribution in [2.45, 2.75) is 6.29 Å². The van der Waals surface area contributed by atoms with E-state index in [1.165, 1.54) is 0 Å². The molecule has 0 saturated carbocycles. The van der Waals surface area contributed by atoms with Crippen LogP contribution in [0.25, 0.3) is 0 Å². The monoisotopic (exact) mass is 283 g/mol. The fraction of sp³-hybridized carbons (Fsp3) is 0.500. The second-order valence-electron chi connectivity index (χ2n) is 3.85. The number of benzene rings is 1. The van der Waals surface area contributed by atoms with Gasteiger partial charge in [-0.05, 0) is 17.7 Å². The summed E-state index contributed by atoms with van der Waals surface area (Å²) >= 11 is 0. The van der Waals surface area contributed by atoms with Gasteiger partial charge in [0.1, 0.15) is 0 Å². The van der Waals surface area contributed by atoms with Gasteiger partial charge in [-0.15, -0.1) is 0 Å². The van der Waals surface area contributed by atoms with Gasteiger partial charge in [0.2, 0.25) is 5.75 Å². The average molecular weight is 283 g/mol. The highest BCUT2D eigenvalue weighted by atomic mass is 16.7. The van der Waals surface area contributed by atoms with E-state index in [4.69, 9.17) is 23.7 Å². The number of hydrogen-bond acceptors (Lipinski definition) is 6. The Kier molecular flexibility index (Phi) is 6.83. The van der Waals surface area contributed by atoms with E-state index >= 15 is 0 Å². The van der Waals surface area contributed by atoms with Crippen LogP contribution < -0.4 is 14.2 Å². The summed E-state index contributed by atoms with van der Waals surface area (Å²) in [5, 5.41) is 0. The largest absolute Gasteiger partial charge is 0.493 e.